The van der Waals surface area contributed by atoms with E-state index in [0.717, 1.165) is 6.07 Å². The van der Waals surface area contributed by atoms with Crippen LogP contribution in [0.3, 0.4) is 0 Å². The minimum absolute atomic E-state index is 0.0199. The number of benzene rings is 2. The second-order valence-corrected chi connectivity index (χ2v) is 3.94. The second-order valence-electron chi connectivity index (χ2n) is 3.94. The first kappa shape index (κ1) is 14.1. The third-order valence-electron chi connectivity index (χ3n) is 2.64. The van der Waals surface area contributed by atoms with Gasteiger partial charge in [-0.3, -0.25) is 0 Å². The Labute approximate surface area is 110 Å². The van der Waals surface area contributed by atoms with Crippen molar-refractivity contribution in [3.8, 4) is 5.75 Å². The van der Waals surface area contributed by atoms with Crippen molar-refractivity contribution in [3.05, 3.63) is 58.9 Å². The van der Waals surface area contributed by atoms with E-state index in [-0.39, 0.29) is 11.6 Å². The zero-order valence-corrected chi connectivity index (χ0v) is 9.85. The monoisotopic (exact) mass is 289 g/mol. The van der Waals surface area contributed by atoms with Gasteiger partial charge in [0.2, 0.25) is 0 Å². The van der Waals surface area contributed by atoms with Crippen LogP contribution in [0.5, 0.6) is 5.75 Å². The Bertz CT molecular complexity index is 633. The van der Waals surface area contributed by atoms with Gasteiger partial charge in [0.1, 0.15) is 5.69 Å². The fourth-order valence-electron chi connectivity index (χ4n) is 1.61. The molecule has 0 heterocycles. The summed E-state index contributed by atoms with van der Waals surface area (Å²) in [5.74, 6) is -7.95. The summed E-state index contributed by atoms with van der Waals surface area (Å²) in [7, 11) is 0. The SMILES string of the molecule is Oc1c(F)cccc1CNc1c(F)c(F)cc(F)c1F. The number of hydrogen-bond donors (Lipinski definition) is 2. The Kier molecular flexibility index (Phi) is 3.78. The van der Waals surface area contributed by atoms with Crippen molar-refractivity contribution >= 4 is 5.69 Å². The zero-order valence-electron chi connectivity index (χ0n) is 9.85. The van der Waals surface area contributed by atoms with E-state index in [9.17, 15) is 27.1 Å². The van der Waals surface area contributed by atoms with Crippen molar-refractivity contribution in [1.29, 1.82) is 0 Å². The highest BCUT2D eigenvalue weighted by Gasteiger charge is 2.19. The van der Waals surface area contributed by atoms with Crippen LogP contribution < -0.4 is 5.32 Å². The van der Waals surface area contributed by atoms with Crippen LogP contribution in [-0.4, -0.2) is 5.11 Å². The van der Waals surface area contributed by atoms with Crippen LogP contribution in [0.1, 0.15) is 5.56 Å². The predicted molar refractivity (Wildman–Crippen MR) is 61.7 cm³/mol. The molecule has 2 nitrogen and oxygen atoms in total. The molecule has 2 rings (SSSR count). The molecule has 0 amide bonds. The molecule has 0 aliphatic carbocycles. The predicted octanol–water partition coefficient (Wildman–Crippen LogP) is 3.70. The average Bonchev–Trinajstić information content (AvgIpc) is 2.41. The molecule has 2 aromatic carbocycles. The molecule has 0 aliphatic heterocycles. The number of halogens is 5. The number of anilines is 1. The Balaban J connectivity index is 2.30. The standard InChI is InChI=1S/C13H8F5NO/c14-7-3-1-2-6(13(7)20)5-19-12-10(17)8(15)4-9(16)11(12)18/h1-4,19-20H,5H2. The van der Waals surface area contributed by atoms with E-state index in [1.165, 1.54) is 12.1 Å². The maximum Gasteiger partial charge on any atom is 0.185 e. The van der Waals surface area contributed by atoms with Crippen molar-refractivity contribution in [1.82, 2.24) is 0 Å². The molecule has 106 valence electrons. The van der Waals surface area contributed by atoms with Gasteiger partial charge in [0, 0.05) is 18.2 Å². The normalized spacial score (nSPS) is 10.7. The first-order valence-electron chi connectivity index (χ1n) is 5.45. The maximum absolute atomic E-state index is 13.3. The lowest BCUT2D eigenvalue weighted by molar-refractivity contribution is 0.426. The van der Waals surface area contributed by atoms with Crippen molar-refractivity contribution < 1.29 is 27.1 Å². The minimum atomic E-state index is -1.60. The van der Waals surface area contributed by atoms with Crippen LogP contribution in [0.25, 0.3) is 0 Å². The van der Waals surface area contributed by atoms with Crippen molar-refractivity contribution in [2.45, 2.75) is 6.54 Å². The lowest BCUT2D eigenvalue weighted by Crippen LogP contribution is -2.07. The topological polar surface area (TPSA) is 32.3 Å². The molecule has 2 aromatic rings. The fourth-order valence-corrected chi connectivity index (χ4v) is 1.61. The number of phenolic OH excluding ortho intramolecular Hbond substituents is 1. The number of phenols is 1. The van der Waals surface area contributed by atoms with Gasteiger partial charge in [-0.2, -0.15) is 0 Å². The molecule has 0 saturated carbocycles. The lowest BCUT2D eigenvalue weighted by Gasteiger charge is -2.11. The molecule has 0 radical (unpaired) electrons. The van der Waals surface area contributed by atoms with Gasteiger partial charge in [-0.25, -0.2) is 22.0 Å². The van der Waals surface area contributed by atoms with Crippen LogP contribution in [-0.2, 0) is 6.54 Å². The first-order chi connectivity index (χ1) is 9.41. The molecule has 20 heavy (non-hydrogen) atoms. The first-order valence-corrected chi connectivity index (χ1v) is 5.45. The Morgan fingerprint density at radius 1 is 0.900 bits per heavy atom. The van der Waals surface area contributed by atoms with Gasteiger partial charge in [-0.05, 0) is 6.07 Å². The molecule has 0 aromatic heterocycles. The number of para-hydroxylation sites is 1. The van der Waals surface area contributed by atoms with Gasteiger partial charge in [0.05, 0.1) is 0 Å². The Morgan fingerprint density at radius 3 is 2.10 bits per heavy atom. The largest absolute Gasteiger partial charge is 0.505 e. The van der Waals surface area contributed by atoms with E-state index < -0.39 is 47.1 Å². The summed E-state index contributed by atoms with van der Waals surface area (Å²) >= 11 is 0. The molecule has 0 unspecified atom stereocenters. The highest BCUT2D eigenvalue weighted by Crippen LogP contribution is 2.26. The van der Waals surface area contributed by atoms with Gasteiger partial charge < -0.3 is 10.4 Å². The van der Waals surface area contributed by atoms with E-state index in [4.69, 9.17) is 0 Å². The van der Waals surface area contributed by atoms with Gasteiger partial charge in [0.25, 0.3) is 0 Å². The Hall–Kier alpha value is -2.31. The van der Waals surface area contributed by atoms with E-state index in [1.54, 1.807) is 0 Å². The highest BCUT2D eigenvalue weighted by molar-refractivity contribution is 5.48. The molecule has 0 saturated heterocycles. The van der Waals surface area contributed by atoms with Crippen LogP contribution in [0, 0.1) is 29.1 Å². The lowest BCUT2D eigenvalue weighted by atomic mass is 10.2. The summed E-state index contributed by atoms with van der Waals surface area (Å²) in [5.41, 5.74) is -1.04. The summed E-state index contributed by atoms with van der Waals surface area (Å²) in [6.07, 6.45) is 0. The molecule has 0 fully saturated rings. The molecule has 0 aliphatic rings. The van der Waals surface area contributed by atoms with Crippen LogP contribution in [0.15, 0.2) is 24.3 Å². The molecule has 0 atom stereocenters. The maximum atomic E-state index is 13.3. The number of hydrogen-bond acceptors (Lipinski definition) is 2. The quantitative estimate of drug-likeness (QED) is 0.667. The summed E-state index contributed by atoms with van der Waals surface area (Å²) in [6, 6.07) is 3.62. The van der Waals surface area contributed by atoms with Crippen LogP contribution in [0.2, 0.25) is 0 Å². The van der Waals surface area contributed by atoms with E-state index >= 15 is 0 Å². The molecular weight excluding hydrogens is 281 g/mol. The Morgan fingerprint density at radius 2 is 1.50 bits per heavy atom. The van der Waals surface area contributed by atoms with Crippen molar-refractivity contribution in [3.63, 3.8) is 0 Å². The number of rotatable bonds is 3. The summed E-state index contributed by atoms with van der Waals surface area (Å²) < 4.78 is 65.7. The second kappa shape index (κ2) is 5.36. The minimum Gasteiger partial charge on any atom is -0.505 e. The molecule has 0 bridgehead atoms. The molecule has 7 heteroatoms. The summed E-state index contributed by atoms with van der Waals surface area (Å²) in [6.45, 7) is -0.416. The average molecular weight is 289 g/mol. The van der Waals surface area contributed by atoms with E-state index in [2.05, 4.69) is 5.32 Å². The van der Waals surface area contributed by atoms with Crippen LogP contribution >= 0.6 is 0 Å². The van der Waals surface area contributed by atoms with Gasteiger partial charge in [-0.15, -0.1) is 0 Å². The van der Waals surface area contributed by atoms with E-state index in [1.807, 2.05) is 0 Å². The fraction of sp³-hybridized carbons (Fsp3) is 0.0769. The van der Waals surface area contributed by atoms with Gasteiger partial charge in [0.15, 0.2) is 34.8 Å². The molecular formula is C13H8F5NO. The van der Waals surface area contributed by atoms with Gasteiger partial charge in [-0.1, -0.05) is 12.1 Å². The summed E-state index contributed by atoms with van der Waals surface area (Å²) in [4.78, 5) is 0. The van der Waals surface area contributed by atoms with Crippen molar-refractivity contribution in [2.75, 3.05) is 5.32 Å². The third kappa shape index (κ3) is 2.52. The number of aromatic hydroxyl groups is 1. The van der Waals surface area contributed by atoms with E-state index in [0.29, 0.717) is 0 Å². The smallest absolute Gasteiger partial charge is 0.185 e. The summed E-state index contributed by atoms with van der Waals surface area (Å²) in [5, 5.41) is 11.5. The third-order valence-corrected chi connectivity index (χ3v) is 2.64. The van der Waals surface area contributed by atoms with Crippen LogP contribution in [0.4, 0.5) is 27.6 Å². The molecule has 2 N–H and O–H groups in total. The van der Waals surface area contributed by atoms with Gasteiger partial charge >= 0.3 is 0 Å². The highest BCUT2D eigenvalue weighted by atomic mass is 19.2. The number of nitrogens with one attached hydrogen (secondary N) is 1. The zero-order chi connectivity index (χ0) is 14.9. The van der Waals surface area contributed by atoms with Crippen molar-refractivity contribution in [2.24, 2.45) is 0 Å². The molecule has 0 spiro atoms.